The maximum absolute atomic E-state index is 12.3. The molecule has 0 bridgehead atoms. The molecule has 2 rings (SSSR count). The van der Waals surface area contributed by atoms with Crippen LogP contribution in [0.4, 0.5) is 0 Å². The summed E-state index contributed by atoms with van der Waals surface area (Å²) < 4.78 is 21.3. The summed E-state index contributed by atoms with van der Waals surface area (Å²) in [4.78, 5) is 36.5. The second-order valence-corrected chi connectivity index (χ2v) is 11.6. The molecule has 11 atom stereocenters. The van der Waals surface area contributed by atoms with Gasteiger partial charge in [0.15, 0.2) is 18.4 Å². The fourth-order valence-electron chi connectivity index (χ4n) is 5.02. The van der Waals surface area contributed by atoms with E-state index >= 15 is 0 Å². The summed E-state index contributed by atoms with van der Waals surface area (Å²) in [7, 11) is 0. The van der Waals surface area contributed by atoms with E-state index in [1.165, 1.54) is 6.92 Å². The zero-order chi connectivity index (χ0) is 34.2. The first-order chi connectivity index (χ1) is 21.9. The van der Waals surface area contributed by atoms with Gasteiger partial charge in [0, 0.05) is 32.6 Å². The molecule has 2 fully saturated rings. The third-order valence-electron chi connectivity index (χ3n) is 7.93. The summed E-state index contributed by atoms with van der Waals surface area (Å²) in [6.45, 7) is 0.898. The van der Waals surface area contributed by atoms with E-state index in [0.29, 0.717) is 51.5 Å². The van der Waals surface area contributed by atoms with Crippen molar-refractivity contribution in [3.05, 3.63) is 0 Å². The molecule has 2 aliphatic rings. The molecule has 2 aliphatic heterocycles. The van der Waals surface area contributed by atoms with Crippen molar-refractivity contribution >= 4 is 17.6 Å². The van der Waals surface area contributed by atoms with E-state index < -0.39 is 80.7 Å². The van der Waals surface area contributed by atoms with Gasteiger partial charge in [0.1, 0.15) is 48.8 Å². The largest absolute Gasteiger partial charge is 0.394 e. The molecule has 17 heteroatoms. The molecule has 268 valence electrons. The third-order valence-corrected chi connectivity index (χ3v) is 7.93. The SMILES string of the molecule is CC(=O)[C@@H](CCCCNC(=O)CCCCOC1O[C@H](CO)C(O)C(O)C1O)NC(=O)CCCCOC1OC(CO)C(O)C(O)C1O. The van der Waals surface area contributed by atoms with Crippen molar-refractivity contribution in [2.45, 2.75) is 132 Å². The number of amides is 2. The summed E-state index contributed by atoms with van der Waals surface area (Å²) in [5.41, 5.74) is 0. The number of ketones is 1. The lowest BCUT2D eigenvalue weighted by Crippen LogP contribution is -2.59. The number of nitrogens with one attached hydrogen (secondary N) is 2. The smallest absolute Gasteiger partial charge is 0.220 e. The van der Waals surface area contributed by atoms with Gasteiger partial charge in [-0.3, -0.25) is 14.4 Å². The van der Waals surface area contributed by atoms with Crippen LogP contribution in [0.3, 0.4) is 0 Å². The van der Waals surface area contributed by atoms with Crippen LogP contribution in [0, 0.1) is 0 Å². The van der Waals surface area contributed by atoms with E-state index in [1.807, 2.05) is 0 Å². The lowest BCUT2D eigenvalue weighted by atomic mass is 9.99. The number of carbonyl (C=O) groups excluding carboxylic acids is 3. The van der Waals surface area contributed by atoms with Gasteiger partial charge in [0.05, 0.1) is 19.3 Å². The van der Waals surface area contributed by atoms with Gasteiger partial charge >= 0.3 is 0 Å². The van der Waals surface area contributed by atoms with Gasteiger partial charge in [0.25, 0.3) is 0 Å². The van der Waals surface area contributed by atoms with Crippen LogP contribution in [0.2, 0.25) is 0 Å². The molecular weight excluding hydrogens is 616 g/mol. The van der Waals surface area contributed by atoms with Crippen molar-refractivity contribution in [1.29, 1.82) is 0 Å². The van der Waals surface area contributed by atoms with Crippen molar-refractivity contribution in [2.75, 3.05) is 33.0 Å². The Balaban J connectivity index is 1.52. The first-order valence-corrected chi connectivity index (χ1v) is 15.8. The predicted octanol–water partition coefficient (Wildman–Crippen LogP) is -3.68. The van der Waals surface area contributed by atoms with Gasteiger partial charge in [-0.25, -0.2) is 0 Å². The molecule has 2 heterocycles. The fourth-order valence-corrected chi connectivity index (χ4v) is 5.02. The molecule has 2 saturated heterocycles. The Hall–Kier alpha value is -1.87. The van der Waals surface area contributed by atoms with Gasteiger partial charge < -0.3 is 70.4 Å². The number of Topliss-reactive ketones (excluding diaryl/α,β-unsaturated/α-hetero) is 1. The van der Waals surface area contributed by atoms with Crippen LogP contribution in [-0.2, 0) is 33.3 Å². The van der Waals surface area contributed by atoms with Crippen LogP contribution < -0.4 is 10.6 Å². The molecule has 0 spiro atoms. The summed E-state index contributed by atoms with van der Waals surface area (Å²) in [5, 5.41) is 83.1. The molecule has 0 saturated carbocycles. The van der Waals surface area contributed by atoms with Crippen molar-refractivity contribution in [1.82, 2.24) is 10.6 Å². The number of hydrogen-bond acceptors (Lipinski definition) is 15. The lowest BCUT2D eigenvalue weighted by Gasteiger charge is -2.39. The minimum atomic E-state index is -1.53. The maximum atomic E-state index is 12.3. The second kappa shape index (κ2) is 21.2. The van der Waals surface area contributed by atoms with Crippen LogP contribution in [0.5, 0.6) is 0 Å². The Morgan fingerprint density at radius 1 is 0.652 bits per heavy atom. The lowest BCUT2D eigenvalue weighted by molar-refractivity contribution is -0.301. The van der Waals surface area contributed by atoms with Crippen molar-refractivity contribution in [2.24, 2.45) is 0 Å². The van der Waals surface area contributed by atoms with Crippen LogP contribution in [0.15, 0.2) is 0 Å². The van der Waals surface area contributed by atoms with E-state index in [9.17, 15) is 55.2 Å². The van der Waals surface area contributed by atoms with Gasteiger partial charge in [-0.15, -0.1) is 0 Å². The summed E-state index contributed by atoms with van der Waals surface area (Å²) >= 11 is 0. The summed E-state index contributed by atoms with van der Waals surface area (Å²) in [6.07, 6.45) is -9.77. The molecule has 2 amide bonds. The Bertz CT molecular complexity index is 910. The number of carbonyl (C=O) groups is 3. The molecule has 9 unspecified atom stereocenters. The highest BCUT2D eigenvalue weighted by Crippen LogP contribution is 2.23. The topological polar surface area (TPSA) is 274 Å². The number of ether oxygens (including phenoxy) is 4. The van der Waals surface area contributed by atoms with E-state index in [2.05, 4.69) is 10.6 Å². The molecule has 0 aliphatic carbocycles. The Morgan fingerprint density at radius 2 is 1.13 bits per heavy atom. The number of aliphatic hydroxyl groups is 8. The molecular formula is C29H52N2O15. The maximum Gasteiger partial charge on any atom is 0.220 e. The Labute approximate surface area is 267 Å². The highest BCUT2D eigenvalue weighted by Gasteiger charge is 2.45. The first kappa shape index (κ1) is 40.3. The summed E-state index contributed by atoms with van der Waals surface area (Å²) in [5.74, 6) is -0.661. The predicted molar refractivity (Wildman–Crippen MR) is 157 cm³/mol. The zero-order valence-electron chi connectivity index (χ0n) is 26.2. The average molecular weight is 669 g/mol. The van der Waals surface area contributed by atoms with E-state index in [1.54, 1.807) is 0 Å². The van der Waals surface area contributed by atoms with Gasteiger partial charge in [-0.1, -0.05) is 0 Å². The monoisotopic (exact) mass is 668 g/mol. The third kappa shape index (κ3) is 13.0. The highest BCUT2D eigenvalue weighted by molar-refractivity contribution is 5.87. The Kier molecular flexibility index (Phi) is 18.6. The second-order valence-electron chi connectivity index (χ2n) is 11.6. The van der Waals surface area contributed by atoms with Crippen molar-refractivity contribution in [3.8, 4) is 0 Å². The molecule has 0 radical (unpaired) electrons. The molecule has 17 nitrogen and oxygen atoms in total. The van der Waals surface area contributed by atoms with Crippen LogP contribution in [0.1, 0.15) is 64.7 Å². The standard InChI is InChI=1S/C29H52N2O15/c1-16(34)17(31-21(36)10-4-7-13-44-29-27(42)25(40)23(38)19(15-33)46-29)8-2-5-11-30-20(35)9-3-6-12-43-28-26(41)24(39)22(37)18(14-32)45-28/h17-19,22-29,32-33,37-42H,2-15H2,1H3,(H,30,35)(H,31,36)/t17-,18-,19?,22?,23?,24?,25?,26?,27?,28?,29?/m1/s1. The number of aliphatic hydroxyl groups excluding tert-OH is 8. The summed E-state index contributed by atoms with van der Waals surface area (Å²) in [6, 6.07) is -0.655. The highest BCUT2D eigenvalue weighted by atomic mass is 16.7. The molecule has 46 heavy (non-hydrogen) atoms. The Morgan fingerprint density at radius 3 is 1.59 bits per heavy atom. The quantitative estimate of drug-likeness (QED) is 0.0528. The van der Waals surface area contributed by atoms with Crippen LogP contribution in [0.25, 0.3) is 0 Å². The number of rotatable bonds is 21. The minimum absolute atomic E-state index is 0.0910. The van der Waals surface area contributed by atoms with Crippen LogP contribution in [-0.4, -0.2) is 159 Å². The van der Waals surface area contributed by atoms with Gasteiger partial charge in [0.2, 0.25) is 11.8 Å². The van der Waals surface area contributed by atoms with Gasteiger partial charge in [-0.05, 0) is 51.9 Å². The number of unbranched alkanes of at least 4 members (excludes halogenated alkanes) is 3. The van der Waals surface area contributed by atoms with Crippen molar-refractivity contribution in [3.63, 3.8) is 0 Å². The first-order valence-electron chi connectivity index (χ1n) is 15.8. The number of hydrogen-bond donors (Lipinski definition) is 10. The zero-order valence-corrected chi connectivity index (χ0v) is 26.2. The van der Waals surface area contributed by atoms with E-state index in [-0.39, 0.29) is 43.7 Å². The normalized spacial score (nSPS) is 32.1. The van der Waals surface area contributed by atoms with E-state index in [4.69, 9.17) is 18.9 Å². The van der Waals surface area contributed by atoms with Crippen LogP contribution >= 0.6 is 0 Å². The molecule has 10 N–H and O–H groups in total. The van der Waals surface area contributed by atoms with Crippen molar-refractivity contribution < 1.29 is 74.2 Å². The fraction of sp³-hybridized carbons (Fsp3) is 0.897. The molecule has 0 aromatic heterocycles. The molecule has 0 aromatic rings. The van der Waals surface area contributed by atoms with E-state index in [0.717, 1.165) is 0 Å². The average Bonchev–Trinajstić information content (AvgIpc) is 3.03. The van der Waals surface area contributed by atoms with Gasteiger partial charge in [-0.2, -0.15) is 0 Å². The molecule has 0 aromatic carbocycles. The minimum Gasteiger partial charge on any atom is -0.394 e.